The van der Waals surface area contributed by atoms with Crippen molar-refractivity contribution >= 4 is 22.7 Å². The molecule has 3 aromatic rings. The molecule has 10 heteroatoms. The van der Waals surface area contributed by atoms with Crippen molar-refractivity contribution in [2.45, 2.75) is 24.5 Å². The molecule has 0 aliphatic carbocycles. The number of aromatic nitrogens is 4. The Morgan fingerprint density at radius 3 is 2.70 bits per heavy atom. The van der Waals surface area contributed by atoms with Gasteiger partial charge in [-0.1, -0.05) is 5.92 Å². The number of aliphatic hydroxyl groups excluding tert-OH is 2. The fourth-order valence-corrected chi connectivity index (χ4v) is 2.87. The van der Waals surface area contributed by atoms with E-state index in [1.165, 1.54) is 23.3 Å². The Bertz CT molecular complexity index is 1050. The summed E-state index contributed by atoms with van der Waals surface area (Å²) in [5, 5.41) is 22.9. The van der Waals surface area contributed by atoms with Crippen LogP contribution in [0.25, 0.3) is 11.2 Å². The fourth-order valence-electron chi connectivity index (χ4n) is 2.87. The summed E-state index contributed by atoms with van der Waals surface area (Å²) in [4.78, 5) is 12.3. The van der Waals surface area contributed by atoms with Gasteiger partial charge in [0.05, 0.1) is 12.0 Å². The van der Waals surface area contributed by atoms with Crippen LogP contribution in [0.1, 0.15) is 6.23 Å². The van der Waals surface area contributed by atoms with E-state index in [4.69, 9.17) is 11.2 Å². The van der Waals surface area contributed by atoms with Gasteiger partial charge in [0.1, 0.15) is 36.3 Å². The number of fused-ring (bicyclic) bond motifs is 1. The molecule has 1 aliphatic heterocycles. The molecule has 27 heavy (non-hydrogen) atoms. The average molecular weight is 373 g/mol. The van der Waals surface area contributed by atoms with Crippen LogP contribution in [-0.2, 0) is 4.74 Å². The molecule has 3 N–H and O–H groups in total. The second kappa shape index (κ2) is 6.55. The zero-order chi connectivity index (χ0) is 19.1. The van der Waals surface area contributed by atoms with Crippen LogP contribution in [0.4, 0.5) is 20.3 Å². The van der Waals surface area contributed by atoms with E-state index in [0.717, 1.165) is 12.1 Å². The summed E-state index contributed by atoms with van der Waals surface area (Å²) >= 11 is 0. The Morgan fingerprint density at radius 1 is 1.19 bits per heavy atom. The van der Waals surface area contributed by atoms with Crippen molar-refractivity contribution in [3.05, 3.63) is 42.5 Å². The van der Waals surface area contributed by atoms with Gasteiger partial charge in [0.15, 0.2) is 23.2 Å². The van der Waals surface area contributed by atoms with Gasteiger partial charge >= 0.3 is 0 Å². The van der Waals surface area contributed by atoms with Gasteiger partial charge in [-0.05, 0) is 12.1 Å². The van der Waals surface area contributed by atoms with Gasteiger partial charge in [-0.25, -0.2) is 23.7 Å². The molecule has 138 valence electrons. The zero-order valence-corrected chi connectivity index (χ0v) is 13.6. The lowest BCUT2D eigenvalue weighted by molar-refractivity contribution is -0.0230. The predicted octanol–water partition coefficient (Wildman–Crippen LogP) is 1.10. The highest BCUT2D eigenvalue weighted by molar-refractivity contribution is 5.85. The molecule has 8 nitrogen and oxygen atoms in total. The van der Waals surface area contributed by atoms with Gasteiger partial charge in [-0.2, -0.15) is 0 Å². The number of imidazole rings is 1. The number of nitrogens with one attached hydrogen (secondary N) is 1. The zero-order valence-electron chi connectivity index (χ0n) is 13.6. The molecular formula is C17H13F2N5O3. The van der Waals surface area contributed by atoms with E-state index in [1.54, 1.807) is 0 Å². The van der Waals surface area contributed by atoms with Crippen LogP contribution < -0.4 is 5.32 Å². The number of anilines is 2. The highest BCUT2D eigenvalue weighted by atomic mass is 19.1. The fraction of sp³-hybridized carbons (Fsp3) is 0.235. The maximum Gasteiger partial charge on any atom is 0.167 e. The minimum absolute atomic E-state index is 0.00548. The van der Waals surface area contributed by atoms with Crippen LogP contribution in [0.3, 0.4) is 0 Å². The van der Waals surface area contributed by atoms with E-state index in [0.29, 0.717) is 0 Å². The van der Waals surface area contributed by atoms with Crippen LogP contribution in [0, 0.1) is 24.0 Å². The summed E-state index contributed by atoms with van der Waals surface area (Å²) < 4.78 is 33.8. The Morgan fingerprint density at radius 2 is 2.00 bits per heavy atom. The van der Waals surface area contributed by atoms with Crippen LogP contribution in [0.5, 0.6) is 0 Å². The van der Waals surface area contributed by atoms with E-state index in [2.05, 4.69) is 26.2 Å². The first kappa shape index (κ1) is 17.3. The lowest BCUT2D eigenvalue weighted by Gasteiger charge is -2.16. The van der Waals surface area contributed by atoms with Gasteiger partial charge in [0, 0.05) is 6.07 Å². The van der Waals surface area contributed by atoms with E-state index in [1.807, 2.05) is 0 Å². The van der Waals surface area contributed by atoms with Crippen molar-refractivity contribution in [1.29, 1.82) is 0 Å². The number of benzene rings is 1. The van der Waals surface area contributed by atoms with E-state index in [9.17, 15) is 19.0 Å². The molecule has 0 spiro atoms. The Balaban J connectivity index is 1.71. The van der Waals surface area contributed by atoms with E-state index < -0.39 is 36.2 Å². The summed E-state index contributed by atoms with van der Waals surface area (Å²) in [5.74, 6) is 0.927. The number of aliphatic hydroxyl groups is 2. The van der Waals surface area contributed by atoms with Gasteiger partial charge in [0.2, 0.25) is 0 Å². The second-order valence-corrected chi connectivity index (χ2v) is 5.89. The van der Waals surface area contributed by atoms with Crippen LogP contribution in [0.2, 0.25) is 0 Å². The highest BCUT2D eigenvalue weighted by Gasteiger charge is 2.43. The number of ether oxygens (including phenoxy) is 1. The van der Waals surface area contributed by atoms with Crippen molar-refractivity contribution < 1.29 is 23.7 Å². The van der Waals surface area contributed by atoms with Gasteiger partial charge in [0.25, 0.3) is 0 Å². The van der Waals surface area contributed by atoms with Crippen LogP contribution in [-0.4, -0.2) is 48.0 Å². The Hall–Kier alpha value is -3.13. The summed E-state index contributed by atoms with van der Waals surface area (Å²) in [7, 11) is 0. The van der Waals surface area contributed by atoms with Crippen molar-refractivity contribution in [2.75, 3.05) is 5.32 Å². The quantitative estimate of drug-likeness (QED) is 0.591. The lowest BCUT2D eigenvalue weighted by Crippen LogP contribution is -2.30. The molecule has 0 amide bonds. The summed E-state index contributed by atoms with van der Waals surface area (Å²) in [6.07, 6.45) is 3.30. The maximum absolute atomic E-state index is 13.9. The maximum atomic E-state index is 13.9. The number of nitrogens with zero attached hydrogens (tertiary/aromatic N) is 4. The standard InChI is InChI=1S/C17H13F2N5O3/c1-2-11-13(25)14(26)17(27-11)24-7-22-12-15(20-6-21-16(12)24)23-10-4-3-8(18)5-9(10)19/h1,3-7,11,13-14,17,25-26H,(H,20,21,23). The number of hydrogen-bond acceptors (Lipinski definition) is 7. The Labute approximate surface area is 151 Å². The Kier molecular flexibility index (Phi) is 4.19. The van der Waals surface area contributed by atoms with Crippen LogP contribution >= 0.6 is 0 Å². The minimum atomic E-state index is -1.29. The molecule has 1 aliphatic rings. The first-order chi connectivity index (χ1) is 13.0. The van der Waals surface area contributed by atoms with E-state index >= 15 is 0 Å². The largest absolute Gasteiger partial charge is 0.386 e. The molecule has 4 atom stereocenters. The summed E-state index contributed by atoms with van der Waals surface area (Å²) in [6.45, 7) is 0. The minimum Gasteiger partial charge on any atom is -0.386 e. The van der Waals surface area contributed by atoms with Gasteiger partial charge < -0.3 is 20.3 Å². The van der Waals surface area contributed by atoms with Crippen molar-refractivity contribution in [3.8, 4) is 12.3 Å². The second-order valence-electron chi connectivity index (χ2n) is 5.89. The first-order valence-electron chi connectivity index (χ1n) is 7.87. The highest BCUT2D eigenvalue weighted by Crippen LogP contribution is 2.32. The SMILES string of the molecule is C#CC1OC(n2cnc3c(Nc4ccc(F)cc4F)ncnc32)C(O)C1O. The normalized spacial score (nSPS) is 24.9. The monoisotopic (exact) mass is 373 g/mol. The molecule has 0 bridgehead atoms. The molecule has 2 aromatic heterocycles. The number of halogens is 2. The molecule has 4 rings (SSSR count). The molecule has 3 heterocycles. The number of terminal acetylenes is 1. The van der Waals surface area contributed by atoms with Crippen LogP contribution in [0.15, 0.2) is 30.9 Å². The molecule has 1 aromatic carbocycles. The third-order valence-corrected chi connectivity index (χ3v) is 4.22. The topological polar surface area (TPSA) is 105 Å². The third kappa shape index (κ3) is 2.87. The molecule has 1 fully saturated rings. The molecule has 1 saturated heterocycles. The molecule has 4 unspecified atom stereocenters. The first-order valence-corrected chi connectivity index (χ1v) is 7.87. The van der Waals surface area contributed by atoms with E-state index in [-0.39, 0.29) is 22.7 Å². The van der Waals surface area contributed by atoms with Gasteiger partial charge in [-0.15, -0.1) is 6.42 Å². The average Bonchev–Trinajstić information content (AvgIpc) is 3.20. The summed E-state index contributed by atoms with van der Waals surface area (Å²) in [6, 6.07) is 3.07. The molecular weight excluding hydrogens is 360 g/mol. The predicted molar refractivity (Wildman–Crippen MR) is 89.7 cm³/mol. The smallest absolute Gasteiger partial charge is 0.167 e. The number of rotatable bonds is 3. The van der Waals surface area contributed by atoms with Gasteiger partial charge in [-0.3, -0.25) is 4.57 Å². The van der Waals surface area contributed by atoms with Crippen molar-refractivity contribution in [1.82, 2.24) is 19.5 Å². The lowest BCUT2D eigenvalue weighted by atomic mass is 10.1. The molecule has 0 saturated carbocycles. The summed E-state index contributed by atoms with van der Waals surface area (Å²) in [5.41, 5.74) is 0.533. The third-order valence-electron chi connectivity index (χ3n) is 4.22. The van der Waals surface area contributed by atoms with Crippen molar-refractivity contribution in [3.63, 3.8) is 0 Å². The molecule has 0 radical (unpaired) electrons. The van der Waals surface area contributed by atoms with Crippen molar-refractivity contribution in [2.24, 2.45) is 0 Å². The number of hydrogen-bond donors (Lipinski definition) is 3.